The van der Waals surface area contributed by atoms with Crippen molar-refractivity contribution in [1.82, 2.24) is 4.90 Å². The maximum absolute atomic E-state index is 14.0. The van der Waals surface area contributed by atoms with Gasteiger partial charge in [-0.15, -0.1) is 0 Å². The second kappa shape index (κ2) is 4.74. The molecule has 2 heterocycles. The molecule has 2 saturated heterocycles. The zero-order valence-electron chi connectivity index (χ0n) is 11.0. The number of benzene rings is 1. The Morgan fingerprint density at radius 3 is 2.80 bits per heavy atom. The van der Waals surface area contributed by atoms with E-state index in [4.69, 9.17) is 11.6 Å². The summed E-state index contributed by atoms with van der Waals surface area (Å²) in [5, 5.41) is 0.336. The van der Waals surface area contributed by atoms with Crippen molar-refractivity contribution in [3.05, 3.63) is 29.0 Å². The summed E-state index contributed by atoms with van der Waals surface area (Å²) in [7, 11) is 0. The molecule has 0 bridgehead atoms. The van der Waals surface area contributed by atoms with Crippen LogP contribution in [0.2, 0.25) is 5.02 Å². The first-order valence-corrected chi connectivity index (χ1v) is 6.97. The highest BCUT2D eigenvalue weighted by molar-refractivity contribution is 6.31. The SMILES string of the molecule is CC1C(=O)N2CCCC2C(=O)N1c1cc(Cl)ccc1F. The zero-order chi connectivity index (χ0) is 14.4. The average molecular weight is 297 g/mol. The Morgan fingerprint density at radius 1 is 1.30 bits per heavy atom. The van der Waals surface area contributed by atoms with Crippen molar-refractivity contribution in [2.24, 2.45) is 0 Å². The summed E-state index contributed by atoms with van der Waals surface area (Å²) >= 11 is 5.88. The van der Waals surface area contributed by atoms with Crippen LogP contribution in [0.25, 0.3) is 0 Å². The maximum Gasteiger partial charge on any atom is 0.250 e. The third kappa shape index (κ3) is 1.88. The van der Waals surface area contributed by atoms with Crippen LogP contribution in [0.5, 0.6) is 0 Å². The number of hydrogen-bond acceptors (Lipinski definition) is 2. The molecule has 0 spiro atoms. The van der Waals surface area contributed by atoms with Crippen molar-refractivity contribution >= 4 is 29.1 Å². The lowest BCUT2D eigenvalue weighted by Gasteiger charge is -2.40. The highest BCUT2D eigenvalue weighted by Gasteiger charge is 2.47. The van der Waals surface area contributed by atoms with Gasteiger partial charge in [-0.1, -0.05) is 11.6 Å². The molecule has 2 aliphatic rings. The zero-order valence-corrected chi connectivity index (χ0v) is 11.7. The van der Waals surface area contributed by atoms with Crippen molar-refractivity contribution in [3.63, 3.8) is 0 Å². The Hall–Kier alpha value is -1.62. The number of carbonyl (C=O) groups is 2. The molecule has 3 rings (SSSR count). The third-order valence-electron chi connectivity index (χ3n) is 3.97. The molecular weight excluding hydrogens is 283 g/mol. The second-order valence-electron chi connectivity index (χ2n) is 5.17. The minimum Gasteiger partial charge on any atom is -0.329 e. The molecule has 6 heteroatoms. The first-order chi connectivity index (χ1) is 9.50. The van der Waals surface area contributed by atoms with Crippen LogP contribution in [-0.4, -0.2) is 35.3 Å². The molecule has 1 aromatic carbocycles. The molecule has 0 aliphatic carbocycles. The second-order valence-corrected chi connectivity index (χ2v) is 5.61. The van der Waals surface area contributed by atoms with E-state index in [9.17, 15) is 14.0 Å². The van der Waals surface area contributed by atoms with Crippen molar-refractivity contribution < 1.29 is 14.0 Å². The summed E-state index contributed by atoms with van der Waals surface area (Å²) in [6.45, 7) is 2.22. The Labute approximate surface area is 121 Å². The van der Waals surface area contributed by atoms with E-state index in [1.165, 1.54) is 23.1 Å². The van der Waals surface area contributed by atoms with Gasteiger partial charge in [0.15, 0.2) is 0 Å². The number of anilines is 1. The normalized spacial score (nSPS) is 26.1. The summed E-state index contributed by atoms with van der Waals surface area (Å²) in [6, 6.07) is 2.86. The predicted octanol–water partition coefficient (Wildman–Crippen LogP) is 2.21. The van der Waals surface area contributed by atoms with Gasteiger partial charge in [-0.3, -0.25) is 14.5 Å². The van der Waals surface area contributed by atoms with Gasteiger partial charge in [0.1, 0.15) is 17.9 Å². The first kappa shape index (κ1) is 13.4. The van der Waals surface area contributed by atoms with Gasteiger partial charge in [0.2, 0.25) is 5.91 Å². The van der Waals surface area contributed by atoms with E-state index in [1.54, 1.807) is 11.8 Å². The van der Waals surface area contributed by atoms with Crippen LogP contribution in [-0.2, 0) is 9.59 Å². The van der Waals surface area contributed by atoms with Crippen LogP contribution >= 0.6 is 11.6 Å². The van der Waals surface area contributed by atoms with E-state index < -0.39 is 17.9 Å². The molecule has 2 unspecified atom stereocenters. The van der Waals surface area contributed by atoms with E-state index in [0.717, 1.165) is 6.42 Å². The fraction of sp³-hybridized carbons (Fsp3) is 0.429. The number of fused-ring (bicyclic) bond motifs is 1. The van der Waals surface area contributed by atoms with Gasteiger partial charge >= 0.3 is 0 Å². The van der Waals surface area contributed by atoms with Crippen LogP contribution in [0.4, 0.5) is 10.1 Å². The molecule has 2 atom stereocenters. The smallest absolute Gasteiger partial charge is 0.250 e. The molecule has 0 N–H and O–H groups in total. The molecule has 2 amide bonds. The largest absolute Gasteiger partial charge is 0.329 e. The number of carbonyl (C=O) groups excluding carboxylic acids is 2. The molecule has 20 heavy (non-hydrogen) atoms. The molecule has 2 aliphatic heterocycles. The van der Waals surface area contributed by atoms with E-state index in [0.29, 0.717) is 18.0 Å². The first-order valence-electron chi connectivity index (χ1n) is 6.59. The Balaban J connectivity index is 2.05. The fourth-order valence-corrected chi connectivity index (χ4v) is 3.15. The molecule has 0 radical (unpaired) electrons. The van der Waals surface area contributed by atoms with Crippen LogP contribution in [0.3, 0.4) is 0 Å². The number of amides is 2. The molecule has 0 saturated carbocycles. The number of nitrogens with zero attached hydrogens (tertiary/aromatic N) is 2. The van der Waals surface area contributed by atoms with Crippen LogP contribution in [0.1, 0.15) is 19.8 Å². The maximum atomic E-state index is 14.0. The standard InChI is InChI=1S/C14H14ClFN2O2/c1-8-13(19)17-6-2-3-11(17)14(20)18(8)12-7-9(15)4-5-10(12)16/h4-5,7-8,11H,2-3,6H2,1H3. The van der Waals surface area contributed by atoms with Gasteiger partial charge < -0.3 is 4.90 Å². The minimum absolute atomic E-state index is 0.0786. The summed E-state index contributed by atoms with van der Waals surface area (Å²) in [5.41, 5.74) is 0.0786. The van der Waals surface area contributed by atoms with E-state index in [2.05, 4.69) is 0 Å². The monoisotopic (exact) mass is 296 g/mol. The minimum atomic E-state index is -0.704. The Kier molecular flexibility index (Phi) is 3.17. The van der Waals surface area contributed by atoms with Gasteiger partial charge in [0.25, 0.3) is 5.91 Å². The highest BCUT2D eigenvalue weighted by atomic mass is 35.5. The van der Waals surface area contributed by atoms with E-state index in [1.807, 2.05) is 0 Å². The van der Waals surface area contributed by atoms with Gasteiger partial charge in [0, 0.05) is 11.6 Å². The predicted molar refractivity (Wildman–Crippen MR) is 73.1 cm³/mol. The van der Waals surface area contributed by atoms with E-state index >= 15 is 0 Å². The van der Waals surface area contributed by atoms with Crippen LogP contribution in [0.15, 0.2) is 18.2 Å². The summed E-state index contributed by atoms with van der Waals surface area (Å²) in [4.78, 5) is 27.7. The summed E-state index contributed by atoms with van der Waals surface area (Å²) in [6.07, 6.45) is 1.44. The number of rotatable bonds is 1. The van der Waals surface area contributed by atoms with Crippen LogP contribution in [0, 0.1) is 5.82 Å². The molecular formula is C14H14ClFN2O2. The average Bonchev–Trinajstić information content (AvgIpc) is 2.90. The Bertz CT molecular complexity index is 593. The highest BCUT2D eigenvalue weighted by Crippen LogP contribution is 2.33. The van der Waals surface area contributed by atoms with E-state index in [-0.39, 0.29) is 17.5 Å². The van der Waals surface area contributed by atoms with Crippen LogP contribution < -0.4 is 4.90 Å². The lowest BCUT2D eigenvalue weighted by Crippen LogP contribution is -2.62. The lowest BCUT2D eigenvalue weighted by molar-refractivity contribution is -0.143. The fourth-order valence-electron chi connectivity index (χ4n) is 2.99. The van der Waals surface area contributed by atoms with Crippen molar-refractivity contribution in [2.75, 3.05) is 11.4 Å². The summed E-state index contributed by atoms with van der Waals surface area (Å²) in [5.74, 6) is -0.906. The molecule has 0 aromatic heterocycles. The van der Waals surface area contributed by atoms with Gasteiger partial charge in [-0.05, 0) is 38.0 Å². The molecule has 2 fully saturated rings. The van der Waals surface area contributed by atoms with Crippen molar-refractivity contribution in [3.8, 4) is 0 Å². The van der Waals surface area contributed by atoms with Gasteiger partial charge in [0.05, 0.1) is 5.69 Å². The van der Waals surface area contributed by atoms with Crippen molar-refractivity contribution in [2.45, 2.75) is 31.8 Å². The number of piperazine rings is 1. The van der Waals surface area contributed by atoms with Crippen molar-refractivity contribution in [1.29, 1.82) is 0 Å². The van der Waals surface area contributed by atoms with Gasteiger partial charge in [-0.25, -0.2) is 4.39 Å². The molecule has 4 nitrogen and oxygen atoms in total. The summed E-state index contributed by atoms with van der Waals surface area (Å²) < 4.78 is 14.0. The molecule has 106 valence electrons. The Morgan fingerprint density at radius 2 is 2.05 bits per heavy atom. The number of halogens is 2. The third-order valence-corrected chi connectivity index (χ3v) is 4.21. The quantitative estimate of drug-likeness (QED) is 0.797. The lowest BCUT2D eigenvalue weighted by atomic mass is 10.0. The van der Waals surface area contributed by atoms with Gasteiger partial charge in [-0.2, -0.15) is 0 Å². The number of hydrogen-bond donors (Lipinski definition) is 0. The topological polar surface area (TPSA) is 40.6 Å². The molecule has 1 aromatic rings.